The van der Waals surface area contributed by atoms with Crippen LogP contribution in [-0.4, -0.2) is 10.7 Å². The molecule has 0 aromatic heterocycles. The molecule has 0 fully saturated rings. The quantitative estimate of drug-likeness (QED) is 0.241. The first-order valence-electron chi connectivity index (χ1n) is 8.76. The van der Waals surface area contributed by atoms with Gasteiger partial charge in [-0.2, -0.15) is 0 Å². The van der Waals surface area contributed by atoms with E-state index in [0.29, 0.717) is 17.9 Å². The van der Waals surface area contributed by atoms with E-state index in [1.807, 2.05) is 55.5 Å². The highest BCUT2D eigenvalue weighted by Gasteiger charge is 2.05. The zero-order valence-corrected chi connectivity index (χ0v) is 15.4. The van der Waals surface area contributed by atoms with Crippen LogP contribution in [0.2, 0.25) is 0 Å². The van der Waals surface area contributed by atoms with Crippen LogP contribution in [0.3, 0.4) is 0 Å². The highest BCUT2D eigenvalue weighted by Crippen LogP contribution is 2.18. The Balaban J connectivity index is 1.62. The van der Waals surface area contributed by atoms with Gasteiger partial charge in [0, 0.05) is 17.7 Å². The maximum atomic E-state index is 12.2. The van der Waals surface area contributed by atoms with Crippen molar-refractivity contribution in [2.45, 2.75) is 13.5 Å². The highest BCUT2D eigenvalue weighted by molar-refractivity contribution is 6.06. The van der Waals surface area contributed by atoms with E-state index in [1.54, 1.807) is 24.3 Å². The lowest BCUT2D eigenvalue weighted by atomic mass is 10.1. The number of ketones is 1. The Morgan fingerprint density at radius 2 is 1.75 bits per heavy atom. The lowest BCUT2D eigenvalue weighted by molar-refractivity contribution is -0.384. The van der Waals surface area contributed by atoms with Crippen LogP contribution in [0.5, 0.6) is 5.75 Å². The first-order valence-corrected chi connectivity index (χ1v) is 8.76. The van der Waals surface area contributed by atoms with E-state index < -0.39 is 4.92 Å². The first-order chi connectivity index (χ1) is 13.5. The number of nitro benzene ring substituents is 1. The largest absolute Gasteiger partial charge is 0.489 e. The molecule has 3 aromatic rings. The molecule has 0 aliphatic carbocycles. The maximum Gasteiger partial charge on any atom is 0.269 e. The second kappa shape index (κ2) is 8.77. The maximum absolute atomic E-state index is 12.2. The Bertz CT molecular complexity index is 1010. The van der Waals surface area contributed by atoms with E-state index in [-0.39, 0.29) is 11.5 Å². The number of ether oxygens (including phenoxy) is 1. The summed E-state index contributed by atoms with van der Waals surface area (Å²) >= 11 is 0. The van der Waals surface area contributed by atoms with Gasteiger partial charge in [0.05, 0.1) is 4.92 Å². The summed E-state index contributed by atoms with van der Waals surface area (Å²) in [4.78, 5) is 22.5. The minimum atomic E-state index is -0.432. The molecule has 0 amide bonds. The van der Waals surface area contributed by atoms with Crippen molar-refractivity contribution < 1.29 is 14.5 Å². The summed E-state index contributed by atoms with van der Waals surface area (Å²) in [5.41, 5.74) is 3.49. The van der Waals surface area contributed by atoms with Gasteiger partial charge >= 0.3 is 0 Å². The van der Waals surface area contributed by atoms with Crippen molar-refractivity contribution in [1.29, 1.82) is 0 Å². The molecule has 0 atom stereocenters. The van der Waals surface area contributed by atoms with E-state index in [2.05, 4.69) is 0 Å². The van der Waals surface area contributed by atoms with Crippen molar-refractivity contribution >= 4 is 17.5 Å². The molecule has 0 saturated carbocycles. The second-order valence-corrected chi connectivity index (χ2v) is 6.35. The van der Waals surface area contributed by atoms with Gasteiger partial charge in [-0.1, -0.05) is 48.0 Å². The number of benzene rings is 3. The van der Waals surface area contributed by atoms with Gasteiger partial charge in [0.25, 0.3) is 5.69 Å². The molecule has 140 valence electrons. The smallest absolute Gasteiger partial charge is 0.269 e. The SMILES string of the molecule is Cc1ccc(C(=O)/C=C/c2cccc(OCc3ccc([N+](=O)[O-])cc3)c2)cc1. The van der Waals surface area contributed by atoms with Crippen molar-refractivity contribution in [2.24, 2.45) is 0 Å². The number of nitrogens with zero attached hydrogens (tertiary/aromatic N) is 1. The molecular formula is C23H19NO4. The van der Waals surface area contributed by atoms with Gasteiger partial charge in [-0.15, -0.1) is 0 Å². The predicted molar refractivity (Wildman–Crippen MR) is 108 cm³/mol. The van der Waals surface area contributed by atoms with Crippen LogP contribution in [0.15, 0.2) is 78.9 Å². The lowest BCUT2D eigenvalue weighted by Gasteiger charge is -2.07. The Hall–Kier alpha value is -3.73. The third-order valence-corrected chi connectivity index (χ3v) is 4.17. The predicted octanol–water partition coefficient (Wildman–Crippen LogP) is 5.38. The third-order valence-electron chi connectivity index (χ3n) is 4.17. The normalized spacial score (nSPS) is 10.8. The number of nitro groups is 1. The highest BCUT2D eigenvalue weighted by atomic mass is 16.6. The van der Waals surface area contributed by atoms with Crippen LogP contribution in [0.25, 0.3) is 6.08 Å². The van der Waals surface area contributed by atoms with Gasteiger partial charge in [-0.3, -0.25) is 14.9 Å². The van der Waals surface area contributed by atoms with Gasteiger partial charge < -0.3 is 4.74 Å². The second-order valence-electron chi connectivity index (χ2n) is 6.35. The van der Waals surface area contributed by atoms with Crippen LogP contribution < -0.4 is 4.74 Å². The average molecular weight is 373 g/mol. The summed E-state index contributed by atoms with van der Waals surface area (Å²) in [6, 6.07) is 21.1. The Labute approximate surface area is 163 Å². The topological polar surface area (TPSA) is 69.4 Å². The van der Waals surface area contributed by atoms with Gasteiger partial charge in [0.2, 0.25) is 0 Å². The van der Waals surface area contributed by atoms with Crippen LogP contribution >= 0.6 is 0 Å². The number of non-ortho nitro benzene ring substituents is 1. The standard InChI is InChI=1S/C23H19NO4/c1-17-5-10-20(11-6-17)23(25)14-9-18-3-2-4-22(15-18)28-16-19-7-12-21(13-8-19)24(26)27/h2-15H,16H2,1H3/b14-9+. The summed E-state index contributed by atoms with van der Waals surface area (Å²) in [7, 11) is 0. The van der Waals surface area contributed by atoms with E-state index >= 15 is 0 Å². The fourth-order valence-electron chi connectivity index (χ4n) is 2.57. The number of allylic oxidation sites excluding steroid dienone is 1. The Morgan fingerprint density at radius 1 is 1.04 bits per heavy atom. The summed E-state index contributed by atoms with van der Waals surface area (Å²) in [6.45, 7) is 2.28. The summed E-state index contributed by atoms with van der Waals surface area (Å²) < 4.78 is 5.75. The zero-order valence-electron chi connectivity index (χ0n) is 15.4. The summed E-state index contributed by atoms with van der Waals surface area (Å²) in [5.74, 6) is 0.598. The monoisotopic (exact) mass is 373 g/mol. The van der Waals surface area contributed by atoms with E-state index in [0.717, 1.165) is 16.7 Å². The van der Waals surface area contributed by atoms with Crippen molar-refractivity contribution in [3.05, 3.63) is 111 Å². The van der Waals surface area contributed by atoms with Crippen molar-refractivity contribution in [3.63, 3.8) is 0 Å². The minimum absolute atomic E-state index is 0.0501. The van der Waals surface area contributed by atoms with E-state index in [4.69, 9.17) is 4.74 Å². The fourth-order valence-corrected chi connectivity index (χ4v) is 2.57. The summed E-state index contributed by atoms with van der Waals surface area (Å²) in [6.07, 6.45) is 3.29. The number of hydrogen-bond donors (Lipinski definition) is 0. The molecule has 0 heterocycles. The van der Waals surface area contributed by atoms with Gasteiger partial charge in [0.15, 0.2) is 5.78 Å². The van der Waals surface area contributed by atoms with E-state index in [1.165, 1.54) is 12.1 Å². The molecule has 3 rings (SSSR count). The van der Waals surface area contributed by atoms with Crippen LogP contribution in [0.1, 0.15) is 27.0 Å². The number of carbonyl (C=O) groups excluding carboxylic acids is 1. The molecule has 0 unspecified atom stereocenters. The van der Waals surface area contributed by atoms with Crippen molar-refractivity contribution in [3.8, 4) is 5.75 Å². The van der Waals surface area contributed by atoms with Gasteiger partial charge in [0.1, 0.15) is 12.4 Å². The fraction of sp³-hybridized carbons (Fsp3) is 0.0870. The molecule has 3 aromatic carbocycles. The molecule has 28 heavy (non-hydrogen) atoms. The number of carbonyl (C=O) groups is 1. The average Bonchev–Trinajstić information content (AvgIpc) is 2.71. The molecular weight excluding hydrogens is 354 g/mol. The molecule has 0 aliphatic rings. The van der Waals surface area contributed by atoms with E-state index in [9.17, 15) is 14.9 Å². The molecule has 0 bridgehead atoms. The molecule has 5 nitrogen and oxygen atoms in total. The summed E-state index contributed by atoms with van der Waals surface area (Å²) in [5, 5.41) is 10.7. The molecule has 0 aliphatic heterocycles. The number of hydrogen-bond acceptors (Lipinski definition) is 4. The minimum Gasteiger partial charge on any atom is -0.489 e. The molecule has 0 N–H and O–H groups in total. The lowest BCUT2D eigenvalue weighted by Crippen LogP contribution is -1.96. The Morgan fingerprint density at radius 3 is 2.43 bits per heavy atom. The van der Waals surface area contributed by atoms with Crippen LogP contribution in [-0.2, 0) is 6.61 Å². The molecule has 0 saturated heterocycles. The molecule has 0 spiro atoms. The molecule has 0 radical (unpaired) electrons. The Kier molecular flexibility index (Phi) is 5.97. The molecule has 5 heteroatoms. The number of aryl methyl sites for hydroxylation is 1. The van der Waals surface area contributed by atoms with Crippen molar-refractivity contribution in [2.75, 3.05) is 0 Å². The van der Waals surface area contributed by atoms with Crippen molar-refractivity contribution in [1.82, 2.24) is 0 Å². The van der Waals surface area contributed by atoms with Crippen LogP contribution in [0.4, 0.5) is 5.69 Å². The van der Waals surface area contributed by atoms with Gasteiger partial charge in [-0.05, 0) is 48.4 Å². The first kappa shape index (κ1) is 19.0. The van der Waals surface area contributed by atoms with Crippen LogP contribution in [0, 0.1) is 17.0 Å². The number of rotatable bonds is 7. The third kappa shape index (κ3) is 5.14. The van der Waals surface area contributed by atoms with Gasteiger partial charge in [-0.25, -0.2) is 0 Å². The zero-order chi connectivity index (χ0) is 19.9.